The van der Waals surface area contributed by atoms with Crippen LogP contribution in [-0.4, -0.2) is 76.6 Å². The Morgan fingerprint density at radius 2 is 1.84 bits per heavy atom. The number of benzene rings is 1. The highest BCUT2D eigenvalue weighted by Crippen LogP contribution is 2.10. The van der Waals surface area contributed by atoms with Gasteiger partial charge in [0.2, 0.25) is 5.91 Å². The lowest BCUT2D eigenvalue weighted by atomic mass is 10.2. The first-order chi connectivity index (χ1) is 12.0. The monoisotopic (exact) mass is 412 g/mol. The number of quaternary nitrogens is 2. The van der Waals surface area contributed by atoms with Crippen molar-refractivity contribution in [3.8, 4) is 0 Å². The van der Waals surface area contributed by atoms with Gasteiger partial charge in [-0.2, -0.15) is 0 Å². The van der Waals surface area contributed by atoms with Crippen LogP contribution in [0.3, 0.4) is 0 Å². The van der Waals surface area contributed by atoms with E-state index >= 15 is 0 Å². The van der Waals surface area contributed by atoms with Crippen LogP contribution in [0.25, 0.3) is 0 Å². The van der Waals surface area contributed by atoms with Crippen LogP contribution in [0.4, 0.5) is 0 Å². The van der Waals surface area contributed by atoms with E-state index in [1.54, 1.807) is 17.0 Å². The lowest BCUT2D eigenvalue weighted by Gasteiger charge is -2.32. The van der Waals surface area contributed by atoms with Crippen molar-refractivity contribution in [1.82, 2.24) is 10.2 Å². The molecule has 0 bridgehead atoms. The van der Waals surface area contributed by atoms with Crippen LogP contribution in [0.1, 0.15) is 16.8 Å². The van der Waals surface area contributed by atoms with Gasteiger partial charge in [-0.1, -0.05) is 15.9 Å². The Bertz CT molecular complexity index is 569. The van der Waals surface area contributed by atoms with Crippen LogP contribution >= 0.6 is 15.9 Å². The second-order valence-electron chi connectivity index (χ2n) is 6.85. The number of halogens is 1. The highest BCUT2D eigenvalue weighted by Gasteiger charge is 2.23. The molecular formula is C18H29BrN4O2+2. The summed E-state index contributed by atoms with van der Waals surface area (Å²) in [6.45, 7) is 6.37. The first kappa shape index (κ1) is 19.9. The van der Waals surface area contributed by atoms with Crippen molar-refractivity contribution in [3.63, 3.8) is 0 Å². The molecule has 1 aromatic carbocycles. The van der Waals surface area contributed by atoms with Gasteiger partial charge in [0.05, 0.1) is 40.3 Å². The van der Waals surface area contributed by atoms with E-state index in [0.717, 1.165) is 43.7 Å². The molecule has 3 N–H and O–H groups in total. The predicted octanol–water partition coefficient (Wildman–Crippen LogP) is -1.56. The molecule has 2 rings (SSSR count). The van der Waals surface area contributed by atoms with Crippen molar-refractivity contribution in [2.45, 2.75) is 6.42 Å². The highest BCUT2D eigenvalue weighted by molar-refractivity contribution is 9.10. The lowest BCUT2D eigenvalue weighted by molar-refractivity contribution is -0.943. The third-order valence-electron chi connectivity index (χ3n) is 4.53. The summed E-state index contributed by atoms with van der Waals surface area (Å²) in [6.07, 6.45) is 0.361. The van der Waals surface area contributed by atoms with Gasteiger partial charge >= 0.3 is 0 Å². The number of carbonyl (C=O) groups excluding carboxylic acids is 2. The first-order valence-corrected chi connectivity index (χ1v) is 9.69. The molecular weight excluding hydrogens is 384 g/mol. The minimum Gasteiger partial charge on any atom is -0.352 e. The van der Waals surface area contributed by atoms with Gasteiger partial charge in [0.15, 0.2) is 0 Å². The maximum absolute atomic E-state index is 12.3. The zero-order valence-electron chi connectivity index (χ0n) is 15.1. The van der Waals surface area contributed by atoms with Crippen molar-refractivity contribution >= 4 is 27.7 Å². The zero-order valence-corrected chi connectivity index (χ0v) is 16.7. The largest absolute Gasteiger partial charge is 0.352 e. The summed E-state index contributed by atoms with van der Waals surface area (Å²) >= 11 is 3.35. The van der Waals surface area contributed by atoms with Gasteiger partial charge < -0.3 is 20.0 Å². The van der Waals surface area contributed by atoms with E-state index in [0.29, 0.717) is 18.5 Å². The summed E-state index contributed by atoms with van der Waals surface area (Å²) in [5.41, 5.74) is 0.607. The smallest absolute Gasteiger partial charge is 0.251 e. The molecule has 1 heterocycles. The number of nitrogens with zero attached hydrogens (tertiary/aromatic N) is 1. The lowest BCUT2D eigenvalue weighted by Crippen LogP contribution is -3.19. The third-order valence-corrected chi connectivity index (χ3v) is 5.06. The summed E-state index contributed by atoms with van der Waals surface area (Å²) in [4.78, 5) is 29.3. The van der Waals surface area contributed by atoms with Crippen molar-refractivity contribution in [2.24, 2.45) is 0 Å². The molecule has 0 radical (unpaired) electrons. The van der Waals surface area contributed by atoms with Crippen molar-refractivity contribution < 1.29 is 19.4 Å². The van der Waals surface area contributed by atoms with Crippen LogP contribution in [0.5, 0.6) is 0 Å². The zero-order chi connectivity index (χ0) is 18.2. The van der Waals surface area contributed by atoms with Crippen LogP contribution in [0, 0.1) is 0 Å². The summed E-state index contributed by atoms with van der Waals surface area (Å²) in [5.74, 6) is -0.00543. The highest BCUT2D eigenvalue weighted by atomic mass is 79.9. The molecule has 0 spiro atoms. The molecule has 0 aromatic heterocycles. The quantitative estimate of drug-likeness (QED) is 0.507. The van der Waals surface area contributed by atoms with Gasteiger partial charge in [-0.25, -0.2) is 0 Å². The summed E-state index contributed by atoms with van der Waals surface area (Å²) < 4.78 is 0.937. The molecule has 1 saturated heterocycles. The normalized spacial score (nSPS) is 15.4. The Kier molecular flexibility index (Phi) is 7.87. The van der Waals surface area contributed by atoms with Gasteiger partial charge in [0.25, 0.3) is 5.91 Å². The summed E-state index contributed by atoms with van der Waals surface area (Å²) in [7, 11) is 4.34. The van der Waals surface area contributed by atoms with Gasteiger partial charge in [0.1, 0.15) is 13.1 Å². The Morgan fingerprint density at radius 3 is 2.44 bits per heavy atom. The van der Waals surface area contributed by atoms with E-state index < -0.39 is 0 Å². The molecule has 6 nitrogen and oxygen atoms in total. The molecule has 1 aromatic rings. The average Bonchev–Trinajstić information content (AvgIpc) is 2.60. The Hall–Kier alpha value is -1.44. The minimum absolute atomic E-state index is 0.133. The van der Waals surface area contributed by atoms with Crippen LogP contribution in [0.15, 0.2) is 28.7 Å². The van der Waals surface area contributed by atoms with E-state index in [4.69, 9.17) is 0 Å². The molecule has 1 aliphatic heterocycles. The maximum atomic E-state index is 12.3. The van der Waals surface area contributed by atoms with Crippen molar-refractivity contribution in [2.75, 3.05) is 59.9 Å². The maximum Gasteiger partial charge on any atom is 0.251 e. The van der Waals surface area contributed by atoms with Crippen LogP contribution in [-0.2, 0) is 4.79 Å². The van der Waals surface area contributed by atoms with E-state index in [1.165, 1.54) is 4.90 Å². The average molecular weight is 413 g/mol. The van der Waals surface area contributed by atoms with E-state index in [1.807, 2.05) is 17.0 Å². The minimum atomic E-state index is -0.138. The van der Waals surface area contributed by atoms with Gasteiger partial charge in [0, 0.05) is 23.0 Å². The predicted molar refractivity (Wildman–Crippen MR) is 101 cm³/mol. The Balaban J connectivity index is 1.65. The molecule has 25 heavy (non-hydrogen) atoms. The fourth-order valence-corrected chi connectivity index (χ4v) is 3.16. The van der Waals surface area contributed by atoms with E-state index in [9.17, 15) is 9.59 Å². The summed E-state index contributed by atoms with van der Waals surface area (Å²) in [5, 5.41) is 2.82. The number of hydrogen-bond acceptors (Lipinski definition) is 2. The van der Waals surface area contributed by atoms with Gasteiger partial charge in [-0.3, -0.25) is 9.59 Å². The number of piperazine rings is 1. The van der Waals surface area contributed by atoms with Crippen molar-refractivity contribution in [3.05, 3.63) is 34.3 Å². The molecule has 138 valence electrons. The number of rotatable bonds is 7. The van der Waals surface area contributed by atoms with E-state index in [2.05, 4.69) is 35.3 Å². The third kappa shape index (κ3) is 6.76. The second-order valence-corrected chi connectivity index (χ2v) is 7.77. The number of likely N-dealkylation sites (N-methyl/N-ethyl adjacent to an activating group) is 1. The first-order valence-electron chi connectivity index (χ1n) is 8.90. The molecule has 1 fully saturated rings. The Labute approximate surface area is 158 Å². The van der Waals surface area contributed by atoms with Crippen LogP contribution < -0.4 is 15.1 Å². The molecule has 7 heteroatoms. The number of hydrogen-bond donors (Lipinski definition) is 3. The Morgan fingerprint density at radius 1 is 1.20 bits per heavy atom. The molecule has 0 unspecified atom stereocenters. The number of nitrogens with one attached hydrogen (secondary N) is 3. The molecule has 1 aliphatic rings. The number of amides is 2. The summed E-state index contributed by atoms with van der Waals surface area (Å²) in [6, 6.07) is 7.19. The molecule has 0 aliphatic carbocycles. The standard InChI is InChI=1S/C18H27BrN4O2/c1-21(2)9-10-22-11-13-23(14-12-22)17(24)7-8-20-18(25)15-3-5-16(19)6-4-15/h3-6H,7-14H2,1-2H3,(H,20,25)/p+2. The van der Waals surface area contributed by atoms with Gasteiger partial charge in [-0.15, -0.1) is 0 Å². The fourth-order valence-electron chi connectivity index (χ4n) is 2.89. The van der Waals surface area contributed by atoms with Crippen LogP contribution in [0.2, 0.25) is 0 Å². The van der Waals surface area contributed by atoms with E-state index in [-0.39, 0.29) is 11.8 Å². The fraction of sp³-hybridized carbons (Fsp3) is 0.556. The molecule has 2 amide bonds. The molecule has 0 saturated carbocycles. The molecule has 0 atom stereocenters. The van der Waals surface area contributed by atoms with Gasteiger partial charge in [-0.05, 0) is 24.3 Å². The SMILES string of the molecule is C[NH+](C)CC[NH+]1CCN(C(=O)CCNC(=O)c2ccc(Br)cc2)CC1. The second kappa shape index (κ2) is 9.89. The van der Waals surface area contributed by atoms with Crippen molar-refractivity contribution in [1.29, 1.82) is 0 Å². The number of carbonyl (C=O) groups is 2. The topological polar surface area (TPSA) is 58.3 Å².